The highest BCUT2D eigenvalue weighted by molar-refractivity contribution is 5.84. The zero-order chi connectivity index (χ0) is 21.2. The summed E-state index contributed by atoms with van der Waals surface area (Å²) in [6.45, 7) is 7.72. The summed E-state index contributed by atoms with van der Waals surface area (Å²) in [5.41, 5.74) is 0.306. The first-order valence-corrected chi connectivity index (χ1v) is 9.41. The van der Waals surface area contributed by atoms with Gasteiger partial charge in [-0.15, -0.1) is 0 Å². The lowest BCUT2D eigenvalue weighted by atomic mass is 10.1. The highest BCUT2D eigenvalue weighted by atomic mass is 16.6. The number of rotatable bonds is 9. The first-order valence-electron chi connectivity index (χ1n) is 9.41. The van der Waals surface area contributed by atoms with Crippen LogP contribution < -0.4 is 5.32 Å². The summed E-state index contributed by atoms with van der Waals surface area (Å²) < 4.78 is 10.3. The maximum absolute atomic E-state index is 12.3. The number of hydrogen-bond donors (Lipinski definition) is 1. The molecule has 1 N–H and O–H groups in total. The van der Waals surface area contributed by atoms with Crippen LogP contribution in [0.1, 0.15) is 46.1 Å². The number of aromatic nitrogens is 1. The molecule has 8 nitrogen and oxygen atoms in total. The Morgan fingerprint density at radius 3 is 2.43 bits per heavy atom. The van der Waals surface area contributed by atoms with E-state index < -0.39 is 23.7 Å². The fraction of sp³-hybridized carbons (Fsp3) is 0.600. The molecule has 0 spiro atoms. The summed E-state index contributed by atoms with van der Waals surface area (Å²) in [5.74, 6) is -0.747. The van der Waals surface area contributed by atoms with Gasteiger partial charge in [-0.3, -0.25) is 9.78 Å². The molecule has 1 aromatic heterocycles. The van der Waals surface area contributed by atoms with Gasteiger partial charge in [0, 0.05) is 38.8 Å². The summed E-state index contributed by atoms with van der Waals surface area (Å²) in [6, 6.07) is 2.81. The number of nitrogens with zero attached hydrogens (tertiary/aromatic N) is 2. The number of amides is 2. The average molecular weight is 393 g/mol. The van der Waals surface area contributed by atoms with Crippen molar-refractivity contribution in [3.05, 3.63) is 30.1 Å². The highest BCUT2D eigenvalue weighted by Gasteiger charge is 2.23. The monoisotopic (exact) mass is 393 g/mol. The number of carbonyl (C=O) groups excluding carboxylic acids is 3. The Bertz CT molecular complexity index is 643. The molecule has 0 aliphatic carbocycles. The number of pyridine rings is 1. The SMILES string of the molecule is CCOC(=O)C(Cc1ccncc1)NC(=O)CCCN(C)C(=O)OC(C)(C)C. The zero-order valence-electron chi connectivity index (χ0n) is 17.4. The minimum absolute atomic E-state index is 0.180. The molecule has 1 aromatic rings. The maximum Gasteiger partial charge on any atom is 0.410 e. The van der Waals surface area contributed by atoms with Crippen LogP contribution in [-0.2, 0) is 25.5 Å². The molecule has 1 heterocycles. The van der Waals surface area contributed by atoms with E-state index in [9.17, 15) is 14.4 Å². The first-order chi connectivity index (χ1) is 13.1. The van der Waals surface area contributed by atoms with Crippen molar-refractivity contribution in [2.45, 2.75) is 58.6 Å². The van der Waals surface area contributed by atoms with E-state index in [-0.39, 0.29) is 18.9 Å². The molecular weight excluding hydrogens is 362 g/mol. The first kappa shape index (κ1) is 23.4. The molecule has 156 valence electrons. The second-order valence-corrected chi connectivity index (χ2v) is 7.44. The number of hydrogen-bond acceptors (Lipinski definition) is 6. The van der Waals surface area contributed by atoms with Gasteiger partial charge in [-0.1, -0.05) is 0 Å². The number of ether oxygens (including phenoxy) is 2. The van der Waals surface area contributed by atoms with Crippen molar-refractivity contribution in [2.24, 2.45) is 0 Å². The van der Waals surface area contributed by atoms with E-state index in [0.717, 1.165) is 5.56 Å². The predicted molar refractivity (Wildman–Crippen MR) is 105 cm³/mol. The Morgan fingerprint density at radius 1 is 1.21 bits per heavy atom. The number of nitrogens with one attached hydrogen (secondary N) is 1. The van der Waals surface area contributed by atoms with Gasteiger partial charge in [0.1, 0.15) is 11.6 Å². The Hall–Kier alpha value is -2.64. The van der Waals surface area contributed by atoms with Crippen molar-refractivity contribution >= 4 is 18.0 Å². The lowest BCUT2D eigenvalue weighted by Crippen LogP contribution is -2.43. The Balaban J connectivity index is 2.51. The molecule has 1 rings (SSSR count). The molecular formula is C20H31N3O5. The second-order valence-electron chi connectivity index (χ2n) is 7.44. The molecule has 1 unspecified atom stereocenters. The van der Waals surface area contributed by atoms with Gasteiger partial charge in [0.2, 0.25) is 5.91 Å². The summed E-state index contributed by atoms with van der Waals surface area (Å²) in [7, 11) is 1.62. The van der Waals surface area contributed by atoms with Crippen molar-refractivity contribution in [2.75, 3.05) is 20.2 Å². The van der Waals surface area contributed by atoms with Crippen LogP contribution in [0.25, 0.3) is 0 Å². The molecule has 2 amide bonds. The number of esters is 1. The van der Waals surface area contributed by atoms with Crippen LogP contribution in [-0.4, -0.2) is 59.7 Å². The third-order valence-electron chi connectivity index (χ3n) is 3.70. The average Bonchev–Trinajstić information content (AvgIpc) is 2.60. The third kappa shape index (κ3) is 9.34. The molecule has 0 saturated carbocycles. The van der Waals surface area contributed by atoms with E-state index in [1.165, 1.54) is 4.90 Å². The predicted octanol–water partition coefficient (Wildman–Crippen LogP) is 2.32. The molecule has 8 heteroatoms. The zero-order valence-corrected chi connectivity index (χ0v) is 17.4. The van der Waals surface area contributed by atoms with Gasteiger partial charge in [0.25, 0.3) is 0 Å². The van der Waals surface area contributed by atoms with E-state index >= 15 is 0 Å². The van der Waals surface area contributed by atoms with Crippen LogP contribution in [0.4, 0.5) is 4.79 Å². The van der Waals surface area contributed by atoms with E-state index in [2.05, 4.69) is 10.3 Å². The van der Waals surface area contributed by atoms with Crippen LogP contribution in [0.3, 0.4) is 0 Å². The molecule has 0 saturated heterocycles. The lowest BCUT2D eigenvalue weighted by molar-refractivity contribution is -0.147. The minimum Gasteiger partial charge on any atom is -0.464 e. The Kier molecular flexibility index (Phi) is 9.41. The van der Waals surface area contributed by atoms with Gasteiger partial charge in [-0.05, 0) is 51.8 Å². The van der Waals surface area contributed by atoms with Gasteiger partial charge < -0.3 is 19.7 Å². The second kappa shape index (κ2) is 11.3. The quantitative estimate of drug-likeness (QED) is 0.647. The van der Waals surface area contributed by atoms with E-state index in [0.29, 0.717) is 19.4 Å². The van der Waals surface area contributed by atoms with Crippen LogP contribution in [0, 0.1) is 0 Å². The lowest BCUT2D eigenvalue weighted by Gasteiger charge is -2.24. The van der Waals surface area contributed by atoms with Gasteiger partial charge in [-0.25, -0.2) is 9.59 Å². The van der Waals surface area contributed by atoms with Crippen LogP contribution in [0.5, 0.6) is 0 Å². The maximum atomic E-state index is 12.3. The van der Waals surface area contributed by atoms with Crippen LogP contribution in [0.2, 0.25) is 0 Å². The minimum atomic E-state index is -0.765. The molecule has 0 bridgehead atoms. The van der Waals surface area contributed by atoms with Crippen LogP contribution in [0.15, 0.2) is 24.5 Å². The summed E-state index contributed by atoms with van der Waals surface area (Å²) in [6.07, 6.45) is 3.78. The normalized spacial score (nSPS) is 12.0. The molecule has 0 aliphatic heterocycles. The van der Waals surface area contributed by atoms with Crippen molar-refractivity contribution in [1.29, 1.82) is 0 Å². The standard InChI is InChI=1S/C20H31N3O5/c1-6-27-18(25)16(14-15-9-11-21-12-10-15)22-17(24)8-7-13-23(5)19(26)28-20(2,3)4/h9-12,16H,6-8,13-14H2,1-5H3,(H,22,24). The number of carbonyl (C=O) groups is 3. The van der Waals surface area contributed by atoms with Crippen molar-refractivity contribution in [3.63, 3.8) is 0 Å². The molecule has 0 fully saturated rings. The summed E-state index contributed by atoms with van der Waals surface area (Å²) >= 11 is 0. The van der Waals surface area contributed by atoms with Gasteiger partial charge in [0.05, 0.1) is 6.61 Å². The topological polar surface area (TPSA) is 97.8 Å². The summed E-state index contributed by atoms with van der Waals surface area (Å²) in [5, 5.41) is 2.72. The van der Waals surface area contributed by atoms with Crippen molar-refractivity contribution < 1.29 is 23.9 Å². The third-order valence-corrected chi connectivity index (χ3v) is 3.70. The molecule has 28 heavy (non-hydrogen) atoms. The van der Waals surface area contributed by atoms with Crippen LogP contribution >= 0.6 is 0 Å². The van der Waals surface area contributed by atoms with Crippen molar-refractivity contribution in [3.8, 4) is 0 Å². The molecule has 0 aliphatic rings. The van der Waals surface area contributed by atoms with Gasteiger partial charge >= 0.3 is 12.1 Å². The van der Waals surface area contributed by atoms with Gasteiger partial charge in [0.15, 0.2) is 0 Å². The van der Waals surface area contributed by atoms with E-state index in [1.54, 1.807) is 59.3 Å². The van der Waals surface area contributed by atoms with E-state index in [1.807, 2.05) is 0 Å². The fourth-order valence-corrected chi connectivity index (χ4v) is 2.37. The smallest absolute Gasteiger partial charge is 0.410 e. The fourth-order valence-electron chi connectivity index (χ4n) is 2.37. The van der Waals surface area contributed by atoms with E-state index in [4.69, 9.17) is 9.47 Å². The Labute approximate surface area is 166 Å². The van der Waals surface area contributed by atoms with Crippen molar-refractivity contribution in [1.82, 2.24) is 15.2 Å². The molecule has 0 aromatic carbocycles. The van der Waals surface area contributed by atoms with Gasteiger partial charge in [-0.2, -0.15) is 0 Å². The largest absolute Gasteiger partial charge is 0.464 e. The highest BCUT2D eigenvalue weighted by Crippen LogP contribution is 2.10. The Morgan fingerprint density at radius 2 is 1.86 bits per heavy atom. The molecule has 0 radical (unpaired) electrons. The molecule has 1 atom stereocenters. The summed E-state index contributed by atoms with van der Waals surface area (Å²) in [4.78, 5) is 41.7.